The molecule has 21 heavy (non-hydrogen) atoms. The van der Waals surface area contributed by atoms with Crippen LogP contribution in [0.5, 0.6) is 0 Å². The molecule has 0 saturated heterocycles. The number of hydrogen-bond acceptors (Lipinski definition) is 4. The second-order valence-corrected chi connectivity index (χ2v) is 5.74. The van der Waals surface area contributed by atoms with E-state index in [4.69, 9.17) is 11.6 Å². The fourth-order valence-electron chi connectivity index (χ4n) is 2.33. The molecule has 1 aromatic carbocycles. The minimum absolute atomic E-state index is 0.268. The van der Waals surface area contributed by atoms with Crippen molar-refractivity contribution in [2.45, 2.75) is 26.4 Å². The van der Waals surface area contributed by atoms with Crippen LogP contribution in [0.15, 0.2) is 36.4 Å². The normalized spacial score (nSPS) is 12.4. The molecule has 1 N–H and O–H groups in total. The first kappa shape index (κ1) is 15.7. The summed E-state index contributed by atoms with van der Waals surface area (Å²) in [5, 5.41) is 3.83. The molecule has 0 amide bonds. The average molecular weight is 305 g/mol. The number of aromatic nitrogens is 2. The van der Waals surface area contributed by atoms with Crippen LogP contribution >= 0.6 is 11.6 Å². The van der Waals surface area contributed by atoms with Crippen molar-refractivity contribution >= 4 is 17.4 Å². The Balaban J connectivity index is 1.87. The van der Waals surface area contributed by atoms with Crippen molar-refractivity contribution in [2.75, 3.05) is 18.9 Å². The molecule has 1 aromatic heterocycles. The maximum absolute atomic E-state index is 5.95. The standard InChI is InChI=1S/C16H21ClN4/c1-12(18-16-9-15(17)19-13(2)20-16)10-21(3)11-14-7-5-4-6-8-14/h4-9,12H,10-11H2,1-3H3,(H,18,19,20). The Morgan fingerprint density at radius 1 is 1.24 bits per heavy atom. The van der Waals surface area contributed by atoms with Crippen LogP contribution in [0.25, 0.3) is 0 Å². The van der Waals surface area contributed by atoms with E-state index in [9.17, 15) is 0 Å². The summed E-state index contributed by atoms with van der Waals surface area (Å²) >= 11 is 5.95. The summed E-state index contributed by atoms with van der Waals surface area (Å²) in [6.45, 7) is 5.81. The van der Waals surface area contributed by atoms with Gasteiger partial charge in [0.15, 0.2) is 0 Å². The van der Waals surface area contributed by atoms with E-state index in [0.29, 0.717) is 11.0 Å². The minimum Gasteiger partial charge on any atom is -0.366 e. The van der Waals surface area contributed by atoms with E-state index in [1.807, 2.05) is 13.0 Å². The van der Waals surface area contributed by atoms with Crippen molar-refractivity contribution in [1.82, 2.24) is 14.9 Å². The predicted octanol–water partition coefficient (Wildman–Crippen LogP) is 3.37. The van der Waals surface area contributed by atoms with Gasteiger partial charge in [0.25, 0.3) is 0 Å². The van der Waals surface area contributed by atoms with Gasteiger partial charge in [-0.15, -0.1) is 0 Å². The number of aryl methyl sites for hydroxylation is 1. The van der Waals surface area contributed by atoms with Crippen LogP contribution in [0.3, 0.4) is 0 Å². The van der Waals surface area contributed by atoms with Crippen molar-refractivity contribution in [3.05, 3.63) is 52.9 Å². The van der Waals surface area contributed by atoms with Gasteiger partial charge in [-0.2, -0.15) is 0 Å². The molecule has 1 heterocycles. The molecule has 0 aliphatic rings. The highest BCUT2D eigenvalue weighted by Gasteiger charge is 2.08. The SMILES string of the molecule is Cc1nc(Cl)cc(NC(C)CN(C)Cc2ccccc2)n1. The lowest BCUT2D eigenvalue weighted by Gasteiger charge is -2.22. The zero-order valence-corrected chi connectivity index (χ0v) is 13.4. The topological polar surface area (TPSA) is 41.1 Å². The monoisotopic (exact) mass is 304 g/mol. The Morgan fingerprint density at radius 2 is 1.95 bits per heavy atom. The average Bonchev–Trinajstić information content (AvgIpc) is 2.37. The maximum atomic E-state index is 5.95. The van der Waals surface area contributed by atoms with Gasteiger partial charge in [-0.1, -0.05) is 41.9 Å². The first-order valence-electron chi connectivity index (χ1n) is 7.03. The Morgan fingerprint density at radius 3 is 2.62 bits per heavy atom. The number of anilines is 1. The summed E-state index contributed by atoms with van der Waals surface area (Å²) in [4.78, 5) is 10.7. The van der Waals surface area contributed by atoms with Crippen molar-refractivity contribution < 1.29 is 0 Å². The number of rotatable bonds is 6. The second kappa shape index (κ2) is 7.38. The highest BCUT2D eigenvalue weighted by atomic mass is 35.5. The maximum Gasteiger partial charge on any atom is 0.134 e. The van der Waals surface area contributed by atoms with Gasteiger partial charge in [0.2, 0.25) is 0 Å². The molecule has 112 valence electrons. The molecule has 0 fully saturated rings. The largest absolute Gasteiger partial charge is 0.366 e. The molecule has 4 nitrogen and oxygen atoms in total. The molecule has 0 bridgehead atoms. The Kier molecular flexibility index (Phi) is 5.53. The van der Waals surface area contributed by atoms with E-state index in [1.54, 1.807) is 6.07 Å². The summed E-state index contributed by atoms with van der Waals surface area (Å²) in [5.74, 6) is 1.45. The molecule has 0 aliphatic carbocycles. The van der Waals surface area contributed by atoms with Gasteiger partial charge < -0.3 is 10.2 Å². The first-order valence-corrected chi connectivity index (χ1v) is 7.41. The Hall–Kier alpha value is -1.65. The van der Waals surface area contributed by atoms with E-state index in [0.717, 1.165) is 18.9 Å². The minimum atomic E-state index is 0.268. The van der Waals surface area contributed by atoms with Crippen LogP contribution in [-0.2, 0) is 6.54 Å². The lowest BCUT2D eigenvalue weighted by atomic mass is 10.2. The van der Waals surface area contributed by atoms with E-state index in [1.165, 1.54) is 5.56 Å². The summed E-state index contributed by atoms with van der Waals surface area (Å²) in [6.07, 6.45) is 0. The first-order chi connectivity index (χ1) is 10.0. The third kappa shape index (κ3) is 5.33. The van der Waals surface area contributed by atoms with Crippen molar-refractivity contribution in [1.29, 1.82) is 0 Å². The van der Waals surface area contributed by atoms with E-state index in [-0.39, 0.29) is 6.04 Å². The smallest absolute Gasteiger partial charge is 0.134 e. The van der Waals surface area contributed by atoms with Crippen LogP contribution in [0.2, 0.25) is 5.15 Å². The Labute approximate surface area is 131 Å². The quantitative estimate of drug-likeness (QED) is 0.831. The molecule has 1 atom stereocenters. The molecule has 2 aromatic rings. The third-order valence-electron chi connectivity index (χ3n) is 3.08. The van der Waals surface area contributed by atoms with Gasteiger partial charge in [-0.05, 0) is 26.5 Å². The van der Waals surface area contributed by atoms with Crippen LogP contribution < -0.4 is 5.32 Å². The summed E-state index contributed by atoms with van der Waals surface area (Å²) in [7, 11) is 2.11. The van der Waals surface area contributed by atoms with Gasteiger partial charge >= 0.3 is 0 Å². The van der Waals surface area contributed by atoms with Crippen LogP contribution in [-0.4, -0.2) is 34.5 Å². The predicted molar refractivity (Wildman–Crippen MR) is 87.6 cm³/mol. The van der Waals surface area contributed by atoms with Gasteiger partial charge in [-0.25, -0.2) is 9.97 Å². The Bertz CT molecular complexity index is 553. The number of halogens is 1. The molecular formula is C16H21ClN4. The molecule has 1 unspecified atom stereocenters. The number of hydrogen-bond donors (Lipinski definition) is 1. The highest BCUT2D eigenvalue weighted by molar-refractivity contribution is 6.29. The highest BCUT2D eigenvalue weighted by Crippen LogP contribution is 2.12. The zero-order valence-electron chi connectivity index (χ0n) is 12.7. The van der Waals surface area contributed by atoms with Crippen LogP contribution in [0, 0.1) is 6.92 Å². The molecular weight excluding hydrogens is 284 g/mol. The molecule has 5 heteroatoms. The molecule has 0 radical (unpaired) electrons. The van der Waals surface area contributed by atoms with Crippen molar-refractivity contribution in [3.8, 4) is 0 Å². The third-order valence-corrected chi connectivity index (χ3v) is 3.28. The summed E-state index contributed by atoms with van der Waals surface area (Å²) in [5.41, 5.74) is 1.31. The molecule has 0 aliphatic heterocycles. The van der Waals surface area contributed by atoms with Crippen molar-refractivity contribution in [2.24, 2.45) is 0 Å². The number of nitrogens with one attached hydrogen (secondary N) is 1. The van der Waals surface area contributed by atoms with Crippen LogP contribution in [0.1, 0.15) is 18.3 Å². The summed E-state index contributed by atoms with van der Waals surface area (Å²) in [6, 6.07) is 12.5. The van der Waals surface area contributed by atoms with E-state index < -0.39 is 0 Å². The lowest BCUT2D eigenvalue weighted by molar-refractivity contribution is 0.316. The zero-order chi connectivity index (χ0) is 15.2. The van der Waals surface area contributed by atoms with Gasteiger partial charge in [-0.3, -0.25) is 0 Å². The van der Waals surface area contributed by atoms with E-state index >= 15 is 0 Å². The molecule has 0 saturated carbocycles. The van der Waals surface area contributed by atoms with Crippen molar-refractivity contribution in [3.63, 3.8) is 0 Å². The molecule has 0 spiro atoms. The lowest BCUT2D eigenvalue weighted by Crippen LogP contribution is -2.32. The second-order valence-electron chi connectivity index (χ2n) is 5.35. The van der Waals surface area contributed by atoms with Gasteiger partial charge in [0, 0.05) is 25.2 Å². The fraction of sp³-hybridized carbons (Fsp3) is 0.375. The van der Waals surface area contributed by atoms with Gasteiger partial charge in [0.1, 0.15) is 16.8 Å². The number of likely N-dealkylation sites (N-methyl/N-ethyl adjacent to an activating group) is 1. The van der Waals surface area contributed by atoms with Gasteiger partial charge in [0.05, 0.1) is 0 Å². The molecule has 2 rings (SSSR count). The fourth-order valence-corrected chi connectivity index (χ4v) is 2.56. The number of nitrogens with zero attached hydrogens (tertiary/aromatic N) is 3. The van der Waals surface area contributed by atoms with Crippen LogP contribution in [0.4, 0.5) is 5.82 Å². The van der Waals surface area contributed by atoms with E-state index in [2.05, 4.69) is 58.4 Å². The number of benzene rings is 1. The summed E-state index contributed by atoms with van der Waals surface area (Å²) < 4.78 is 0.